The molecule has 2 N–H and O–H groups in total. The Hall–Kier alpha value is -1.07. The first kappa shape index (κ1) is 17.0. The predicted octanol–water partition coefficient (Wildman–Crippen LogP) is 3.37. The molecule has 0 saturated carbocycles. The third kappa shape index (κ3) is 6.39. The van der Waals surface area contributed by atoms with Gasteiger partial charge in [-0.1, -0.05) is 0 Å². The molecule has 0 spiro atoms. The van der Waals surface area contributed by atoms with Gasteiger partial charge in [-0.25, -0.2) is 4.79 Å². The fourth-order valence-electron chi connectivity index (χ4n) is 1.77. The number of hydrogen-bond acceptors (Lipinski definition) is 4. The number of carbonyl (C=O) groups excluding carboxylic acids is 1. The Kier molecular flexibility index (Phi) is 6.02. The summed E-state index contributed by atoms with van der Waals surface area (Å²) in [4.78, 5) is 14.2. The number of nitrogens with one attached hydrogen (secondary N) is 2. The molecule has 1 rings (SSSR count). The summed E-state index contributed by atoms with van der Waals surface area (Å²) >= 11 is 1.82. The third-order valence-electron chi connectivity index (χ3n) is 2.74. The number of ether oxygens (including phenoxy) is 1. The molecule has 0 aromatic carbocycles. The van der Waals surface area contributed by atoms with Gasteiger partial charge in [-0.2, -0.15) is 0 Å². The monoisotopic (exact) mass is 298 g/mol. The number of alkyl carbamates (subject to hydrolysis) is 1. The lowest BCUT2D eigenvalue weighted by Crippen LogP contribution is -2.41. The van der Waals surface area contributed by atoms with Crippen LogP contribution in [0.5, 0.6) is 0 Å². The molecule has 1 atom stereocenters. The van der Waals surface area contributed by atoms with Gasteiger partial charge in [0.15, 0.2) is 0 Å². The van der Waals surface area contributed by atoms with E-state index >= 15 is 0 Å². The van der Waals surface area contributed by atoms with E-state index in [0.717, 1.165) is 6.54 Å². The summed E-state index contributed by atoms with van der Waals surface area (Å²) in [7, 11) is 0. The van der Waals surface area contributed by atoms with Crippen molar-refractivity contribution in [1.82, 2.24) is 10.6 Å². The van der Waals surface area contributed by atoms with Crippen LogP contribution in [-0.2, 0) is 11.3 Å². The van der Waals surface area contributed by atoms with Crippen molar-refractivity contribution in [3.8, 4) is 0 Å². The maximum absolute atomic E-state index is 11.5. The molecule has 1 aromatic rings. The Balaban J connectivity index is 2.29. The van der Waals surface area contributed by atoms with Crippen molar-refractivity contribution in [2.45, 2.75) is 59.7 Å². The standard InChI is InChI=1S/C15H26N2O2S/c1-10(8-17-14(18)19-15(4,5)6)16-9-13-7-11(2)20-12(13)3/h7,10,16H,8-9H2,1-6H3,(H,17,18). The number of hydrogen-bond donors (Lipinski definition) is 2. The van der Waals surface area contributed by atoms with E-state index in [1.54, 1.807) is 0 Å². The van der Waals surface area contributed by atoms with Crippen LogP contribution in [-0.4, -0.2) is 24.3 Å². The molecule has 1 aromatic heterocycles. The van der Waals surface area contributed by atoms with Crippen molar-refractivity contribution in [2.75, 3.05) is 6.54 Å². The molecule has 1 unspecified atom stereocenters. The molecule has 0 radical (unpaired) electrons. The molecule has 114 valence electrons. The molecule has 4 nitrogen and oxygen atoms in total. The molecule has 0 bridgehead atoms. The Morgan fingerprint density at radius 1 is 1.40 bits per heavy atom. The molecular formula is C15H26N2O2S. The lowest BCUT2D eigenvalue weighted by Gasteiger charge is -2.21. The van der Waals surface area contributed by atoms with Gasteiger partial charge < -0.3 is 15.4 Å². The summed E-state index contributed by atoms with van der Waals surface area (Å²) in [5.41, 5.74) is 0.878. The minimum absolute atomic E-state index is 0.196. The maximum atomic E-state index is 11.5. The first-order valence-electron chi connectivity index (χ1n) is 6.93. The topological polar surface area (TPSA) is 50.4 Å². The number of amides is 1. The second-order valence-corrected chi connectivity index (χ2v) is 7.56. The smallest absolute Gasteiger partial charge is 0.407 e. The van der Waals surface area contributed by atoms with Crippen molar-refractivity contribution < 1.29 is 9.53 Å². The largest absolute Gasteiger partial charge is 0.444 e. The SMILES string of the molecule is Cc1cc(CNC(C)CNC(=O)OC(C)(C)C)c(C)s1. The molecule has 0 aliphatic carbocycles. The molecule has 20 heavy (non-hydrogen) atoms. The second-order valence-electron chi connectivity index (χ2n) is 6.10. The molecule has 1 amide bonds. The van der Waals surface area contributed by atoms with Crippen LogP contribution >= 0.6 is 11.3 Å². The molecular weight excluding hydrogens is 272 g/mol. The van der Waals surface area contributed by atoms with E-state index in [2.05, 4.69) is 30.5 Å². The van der Waals surface area contributed by atoms with Crippen LogP contribution in [0.15, 0.2) is 6.07 Å². The first-order chi connectivity index (χ1) is 9.17. The van der Waals surface area contributed by atoms with Gasteiger partial charge in [-0.05, 0) is 53.2 Å². The lowest BCUT2D eigenvalue weighted by atomic mass is 10.2. The summed E-state index contributed by atoms with van der Waals surface area (Å²) < 4.78 is 5.20. The number of carbonyl (C=O) groups is 1. The van der Waals surface area contributed by atoms with Crippen molar-refractivity contribution in [1.29, 1.82) is 0 Å². The highest BCUT2D eigenvalue weighted by Gasteiger charge is 2.16. The van der Waals surface area contributed by atoms with Crippen molar-refractivity contribution in [2.24, 2.45) is 0 Å². The minimum Gasteiger partial charge on any atom is -0.444 e. The van der Waals surface area contributed by atoms with Gasteiger partial charge in [0, 0.05) is 28.9 Å². The van der Waals surface area contributed by atoms with Gasteiger partial charge in [0.05, 0.1) is 0 Å². The summed E-state index contributed by atoms with van der Waals surface area (Å²) in [6.07, 6.45) is -0.367. The second kappa shape index (κ2) is 7.09. The van der Waals surface area contributed by atoms with E-state index in [4.69, 9.17) is 4.74 Å². The molecule has 0 aliphatic heterocycles. The average molecular weight is 298 g/mol. The molecule has 0 fully saturated rings. The molecule has 0 aliphatic rings. The van der Waals surface area contributed by atoms with E-state index in [-0.39, 0.29) is 12.1 Å². The van der Waals surface area contributed by atoms with E-state index < -0.39 is 5.60 Å². The highest BCUT2D eigenvalue weighted by Crippen LogP contribution is 2.20. The predicted molar refractivity (Wildman–Crippen MR) is 84.3 cm³/mol. The Morgan fingerprint density at radius 3 is 2.55 bits per heavy atom. The summed E-state index contributed by atoms with van der Waals surface area (Å²) in [6.45, 7) is 13.3. The fourth-order valence-corrected chi connectivity index (χ4v) is 2.71. The number of rotatable bonds is 5. The van der Waals surface area contributed by atoms with Crippen LogP contribution in [0.1, 0.15) is 43.0 Å². The summed E-state index contributed by atoms with van der Waals surface area (Å²) in [5, 5.41) is 6.18. The highest BCUT2D eigenvalue weighted by atomic mass is 32.1. The van der Waals surface area contributed by atoms with Crippen LogP contribution in [0.4, 0.5) is 4.79 Å². The van der Waals surface area contributed by atoms with Gasteiger partial charge >= 0.3 is 6.09 Å². The zero-order valence-corrected chi connectivity index (χ0v) is 14.1. The number of aryl methyl sites for hydroxylation is 2. The zero-order valence-electron chi connectivity index (χ0n) is 13.3. The van der Waals surface area contributed by atoms with Crippen LogP contribution in [0.25, 0.3) is 0 Å². The minimum atomic E-state index is -0.452. The van der Waals surface area contributed by atoms with E-state index in [0.29, 0.717) is 6.54 Å². The molecule has 0 saturated heterocycles. The van der Waals surface area contributed by atoms with E-state index in [1.165, 1.54) is 15.3 Å². The Morgan fingerprint density at radius 2 is 2.05 bits per heavy atom. The summed E-state index contributed by atoms with van der Waals surface area (Å²) in [6, 6.07) is 2.41. The average Bonchev–Trinajstić information content (AvgIpc) is 2.60. The van der Waals surface area contributed by atoms with Gasteiger partial charge in [0.1, 0.15) is 5.60 Å². The normalized spacial score (nSPS) is 13.1. The Labute approximate surface area is 125 Å². The van der Waals surface area contributed by atoms with Crippen LogP contribution in [0.3, 0.4) is 0 Å². The lowest BCUT2D eigenvalue weighted by molar-refractivity contribution is 0.0523. The van der Waals surface area contributed by atoms with Crippen molar-refractivity contribution >= 4 is 17.4 Å². The zero-order chi connectivity index (χ0) is 15.3. The van der Waals surface area contributed by atoms with E-state index in [9.17, 15) is 4.79 Å². The van der Waals surface area contributed by atoms with Crippen LogP contribution in [0.2, 0.25) is 0 Å². The van der Waals surface area contributed by atoms with Crippen molar-refractivity contribution in [3.63, 3.8) is 0 Å². The van der Waals surface area contributed by atoms with E-state index in [1.807, 2.05) is 39.0 Å². The van der Waals surface area contributed by atoms with Gasteiger partial charge in [-0.15, -0.1) is 11.3 Å². The number of thiophene rings is 1. The Bertz CT molecular complexity index is 449. The van der Waals surface area contributed by atoms with Crippen LogP contribution < -0.4 is 10.6 Å². The highest BCUT2D eigenvalue weighted by molar-refractivity contribution is 7.12. The third-order valence-corrected chi connectivity index (χ3v) is 3.74. The fraction of sp³-hybridized carbons (Fsp3) is 0.667. The summed E-state index contributed by atoms with van der Waals surface area (Å²) in [5.74, 6) is 0. The van der Waals surface area contributed by atoms with Crippen LogP contribution in [0, 0.1) is 13.8 Å². The quantitative estimate of drug-likeness (QED) is 0.876. The molecule has 5 heteroatoms. The molecule has 1 heterocycles. The maximum Gasteiger partial charge on any atom is 0.407 e. The van der Waals surface area contributed by atoms with Crippen molar-refractivity contribution in [3.05, 3.63) is 21.4 Å². The van der Waals surface area contributed by atoms with Gasteiger partial charge in [0.25, 0.3) is 0 Å². The first-order valence-corrected chi connectivity index (χ1v) is 7.75. The van der Waals surface area contributed by atoms with Gasteiger partial charge in [0.2, 0.25) is 0 Å². The van der Waals surface area contributed by atoms with Gasteiger partial charge in [-0.3, -0.25) is 0 Å².